The molecule has 0 saturated heterocycles. The van der Waals surface area contributed by atoms with Gasteiger partial charge in [0.25, 0.3) is 0 Å². The van der Waals surface area contributed by atoms with E-state index in [0.717, 1.165) is 0 Å². The number of benzene rings is 2. The Bertz CT molecular complexity index is 712. The van der Waals surface area contributed by atoms with E-state index in [4.69, 9.17) is 5.73 Å². The molecule has 1 aromatic heterocycles. The van der Waals surface area contributed by atoms with Crippen LogP contribution in [0.4, 0.5) is 0 Å². The standard InChI is InChI=1S/C18H19NS/c1-18(2,14-8-4-3-5-9-14)17(19)15-10-6-7-13-11-12-20-16(13)15/h3-12,17H,19H2,1-2H3. The molecule has 20 heavy (non-hydrogen) atoms. The lowest BCUT2D eigenvalue weighted by Gasteiger charge is -2.33. The molecule has 0 spiro atoms. The summed E-state index contributed by atoms with van der Waals surface area (Å²) in [7, 11) is 0. The molecular formula is C18H19NS. The molecule has 0 aliphatic heterocycles. The zero-order chi connectivity index (χ0) is 14.2. The lowest BCUT2D eigenvalue weighted by atomic mass is 9.75. The molecule has 102 valence electrons. The van der Waals surface area contributed by atoms with Crippen LogP contribution in [0.5, 0.6) is 0 Å². The molecule has 1 unspecified atom stereocenters. The van der Waals surface area contributed by atoms with Gasteiger partial charge in [0.15, 0.2) is 0 Å². The molecule has 0 aliphatic rings. The van der Waals surface area contributed by atoms with Gasteiger partial charge in [-0.15, -0.1) is 11.3 Å². The van der Waals surface area contributed by atoms with Gasteiger partial charge in [0.05, 0.1) is 0 Å². The molecule has 1 atom stereocenters. The third kappa shape index (κ3) is 2.15. The lowest BCUT2D eigenvalue weighted by Crippen LogP contribution is -2.33. The number of rotatable bonds is 3. The summed E-state index contributed by atoms with van der Waals surface area (Å²) in [6, 6.07) is 19.1. The second-order valence-electron chi connectivity index (χ2n) is 5.75. The molecule has 3 rings (SSSR count). The van der Waals surface area contributed by atoms with E-state index < -0.39 is 0 Å². The number of hydrogen-bond acceptors (Lipinski definition) is 2. The lowest BCUT2D eigenvalue weighted by molar-refractivity contribution is 0.423. The van der Waals surface area contributed by atoms with Crippen molar-refractivity contribution in [2.75, 3.05) is 0 Å². The summed E-state index contributed by atoms with van der Waals surface area (Å²) in [4.78, 5) is 0. The third-order valence-electron chi connectivity index (χ3n) is 4.14. The summed E-state index contributed by atoms with van der Waals surface area (Å²) < 4.78 is 1.31. The zero-order valence-electron chi connectivity index (χ0n) is 11.8. The molecule has 2 N–H and O–H groups in total. The Morgan fingerprint density at radius 2 is 1.70 bits per heavy atom. The fourth-order valence-electron chi connectivity index (χ4n) is 2.70. The second kappa shape index (κ2) is 5.04. The maximum absolute atomic E-state index is 6.64. The van der Waals surface area contributed by atoms with E-state index in [1.807, 2.05) is 6.07 Å². The molecule has 1 nitrogen and oxygen atoms in total. The van der Waals surface area contributed by atoms with Crippen molar-refractivity contribution in [2.24, 2.45) is 5.73 Å². The largest absolute Gasteiger partial charge is 0.323 e. The van der Waals surface area contributed by atoms with Crippen LogP contribution in [-0.2, 0) is 5.41 Å². The van der Waals surface area contributed by atoms with Crippen molar-refractivity contribution in [1.82, 2.24) is 0 Å². The SMILES string of the molecule is CC(C)(c1ccccc1)C(N)c1cccc2ccsc12. The van der Waals surface area contributed by atoms with Crippen LogP contribution < -0.4 is 5.73 Å². The second-order valence-corrected chi connectivity index (χ2v) is 6.67. The molecule has 0 fully saturated rings. The average molecular weight is 281 g/mol. The summed E-state index contributed by atoms with van der Waals surface area (Å²) in [6.07, 6.45) is 0. The van der Waals surface area contributed by atoms with Crippen LogP contribution in [0.2, 0.25) is 0 Å². The quantitative estimate of drug-likeness (QED) is 0.727. The number of nitrogens with two attached hydrogens (primary N) is 1. The van der Waals surface area contributed by atoms with Crippen LogP contribution in [-0.4, -0.2) is 0 Å². The van der Waals surface area contributed by atoms with Crippen LogP contribution in [0.1, 0.15) is 31.0 Å². The first kappa shape index (κ1) is 13.3. The highest BCUT2D eigenvalue weighted by Gasteiger charge is 2.30. The Hall–Kier alpha value is -1.64. The first-order valence-electron chi connectivity index (χ1n) is 6.88. The highest BCUT2D eigenvalue weighted by atomic mass is 32.1. The van der Waals surface area contributed by atoms with Crippen molar-refractivity contribution in [3.8, 4) is 0 Å². The Morgan fingerprint density at radius 3 is 2.45 bits per heavy atom. The van der Waals surface area contributed by atoms with Crippen LogP contribution in [0.15, 0.2) is 60.0 Å². The van der Waals surface area contributed by atoms with Crippen molar-refractivity contribution < 1.29 is 0 Å². The Morgan fingerprint density at radius 1 is 0.950 bits per heavy atom. The van der Waals surface area contributed by atoms with Crippen molar-refractivity contribution in [3.05, 3.63) is 71.1 Å². The molecule has 0 bridgehead atoms. The smallest absolute Gasteiger partial charge is 0.0402 e. The minimum Gasteiger partial charge on any atom is -0.323 e. The first-order valence-corrected chi connectivity index (χ1v) is 7.76. The van der Waals surface area contributed by atoms with Crippen LogP contribution in [0, 0.1) is 0 Å². The van der Waals surface area contributed by atoms with Gasteiger partial charge < -0.3 is 5.73 Å². The predicted molar refractivity (Wildman–Crippen MR) is 88.2 cm³/mol. The molecule has 2 heteroatoms. The summed E-state index contributed by atoms with van der Waals surface area (Å²) in [5, 5.41) is 3.42. The summed E-state index contributed by atoms with van der Waals surface area (Å²) >= 11 is 1.77. The zero-order valence-corrected chi connectivity index (χ0v) is 12.7. The molecule has 0 saturated carbocycles. The van der Waals surface area contributed by atoms with Crippen LogP contribution in [0.3, 0.4) is 0 Å². The maximum Gasteiger partial charge on any atom is 0.0402 e. The highest BCUT2D eigenvalue weighted by Crippen LogP contribution is 2.39. The van der Waals surface area contributed by atoms with E-state index >= 15 is 0 Å². The van der Waals surface area contributed by atoms with E-state index in [1.165, 1.54) is 21.2 Å². The molecule has 1 heterocycles. The van der Waals surface area contributed by atoms with Gasteiger partial charge in [-0.1, -0.05) is 62.4 Å². The summed E-state index contributed by atoms with van der Waals surface area (Å²) in [5.74, 6) is 0. The number of thiophene rings is 1. The van der Waals surface area contributed by atoms with Gasteiger partial charge in [-0.3, -0.25) is 0 Å². The first-order chi connectivity index (χ1) is 9.60. The fraction of sp³-hybridized carbons (Fsp3) is 0.222. The minimum atomic E-state index is -0.0977. The van der Waals surface area contributed by atoms with E-state index in [0.29, 0.717) is 0 Å². The maximum atomic E-state index is 6.64. The minimum absolute atomic E-state index is 0.0211. The Balaban J connectivity index is 2.08. The monoisotopic (exact) mass is 281 g/mol. The molecule has 0 aliphatic carbocycles. The molecule has 3 aromatic rings. The molecule has 2 aromatic carbocycles. The van der Waals surface area contributed by atoms with E-state index in [9.17, 15) is 0 Å². The van der Waals surface area contributed by atoms with Crippen molar-refractivity contribution in [3.63, 3.8) is 0 Å². The van der Waals surface area contributed by atoms with Gasteiger partial charge in [-0.25, -0.2) is 0 Å². The normalized spacial score (nSPS) is 13.6. The summed E-state index contributed by atoms with van der Waals surface area (Å²) in [6.45, 7) is 4.44. The average Bonchev–Trinajstić information content (AvgIpc) is 2.95. The Labute approximate surface area is 124 Å². The van der Waals surface area contributed by atoms with Crippen molar-refractivity contribution in [1.29, 1.82) is 0 Å². The fourth-order valence-corrected chi connectivity index (χ4v) is 3.65. The Kier molecular flexibility index (Phi) is 3.36. The van der Waals surface area contributed by atoms with Gasteiger partial charge in [0.2, 0.25) is 0 Å². The van der Waals surface area contributed by atoms with E-state index in [2.05, 4.69) is 67.8 Å². The topological polar surface area (TPSA) is 26.0 Å². The molecule has 0 radical (unpaired) electrons. The molecule has 0 amide bonds. The van der Waals surface area contributed by atoms with Gasteiger partial charge in [0, 0.05) is 16.2 Å². The summed E-state index contributed by atoms with van der Waals surface area (Å²) in [5.41, 5.74) is 9.06. The van der Waals surface area contributed by atoms with Crippen LogP contribution >= 0.6 is 11.3 Å². The van der Waals surface area contributed by atoms with E-state index in [1.54, 1.807) is 11.3 Å². The van der Waals surface area contributed by atoms with Crippen molar-refractivity contribution in [2.45, 2.75) is 25.3 Å². The molecular weight excluding hydrogens is 262 g/mol. The van der Waals surface area contributed by atoms with Gasteiger partial charge in [0.1, 0.15) is 0 Å². The predicted octanol–water partition coefficient (Wildman–Crippen LogP) is 4.88. The van der Waals surface area contributed by atoms with E-state index in [-0.39, 0.29) is 11.5 Å². The van der Waals surface area contributed by atoms with Gasteiger partial charge >= 0.3 is 0 Å². The number of hydrogen-bond donors (Lipinski definition) is 1. The van der Waals surface area contributed by atoms with Gasteiger partial charge in [-0.2, -0.15) is 0 Å². The highest BCUT2D eigenvalue weighted by molar-refractivity contribution is 7.17. The third-order valence-corrected chi connectivity index (χ3v) is 5.12. The van der Waals surface area contributed by atoms with Crippen molar-refractivity contribution >= 4 is 21.4 Å². The number of fused-ring (bicyclic) bond motifs is 1. The van der Waals surface area contributed by atoms with Crippen LogP contribution in [0.25, 0.3) is 10.1 Å². The van der Waals surface area contributed by atoms with Gasteiger partial charge in [-0.05, 0) is 28.0 Å².